The van der Waals surface area contributed by atoms with Gasteiger partial charge in [0.15, 0.2) is 0 Å². The minimum Gasteiger partial charge on any atom is -0.379 e. The van der Waals surface area contributed by atoms with Gasteiger partial charge in [0.25, 0.3) is 0 Å². The summed E-state index contributed by atoms with van der Waals surface area (Å²) in [5, 5.41) is 3.05. The van der Waals surface area contributed by atoms with Gasteiger partial charge in [-0.3, -0.25) is 14.6 Å². The maximum absolute atomic E-state index is 12.4. The Morgan fingerprint density at radius 3 is 2.88 bits per heavy atom. The highest BCUT2D eigenvalue weighted by molar-refractivity contribution is 5.92. The molecule has 1 amide bonds. The smallest absolute Gasteiger partial charge is 0.238 e. The lowest BCUT2D eigenvalue weighted by Gasteiger charge is -2.36. The van der Waals surface area contributed by atoms with E-state index in [2.05, 4.69) is 34.2 Å². The number of nitrogens with zero attached hydrogens (tertiary/aromatic N) is 2. The first-order valence-corrected chi connectivity index (χ1v) is 9.64. The van der Waals surface area contributed by atoms with Crippen LogP contribution in [0.25, 0.3) is 0 Å². The Morgan fingerprint density at radius 1 is 1.24 bits per heavy atom. The van der Waals surface area contributed by atoms with Crippen molar-refractivity contribution in [3.05, 3.63) is 29.8 Å². The standard InChI is InChI=1S/C20H31N3O2/c1-2-17-5-3-7-19(13-17)21-20(24)16-23-8-4-6-18(15-23)14-22-9-11-25-12-10-22/h3,5,7,13,18H,2,4,6,8-12,14-16H2,1H3,(H,21,24)/t18-/m1/s1. The molecule has 2 saturated heterocycles. The monoisotopic (exact) mass is 345 g/mol. The molecule has 0 aliphatic carbocycles. The molecule has 0 bridgehead atoms. The summed E-state index contributed by atoms with van der Waals surface area (Å²) >= 11 is 0. The number of nitrogens with one attached hydrogen (secondary N) is 1. The van der Waals surface area contributed by atoms with Crippen LogP contribution >= 0.6 is 0 Å². The molecule has 2 fully saturated rings. The van der Waals surface area contributed by atoms with Crippen molar-refractivity contribution in [2.24, 2.45) is 5.92 Å². The van der Waals surface area contributed by atoms with Crippen LogP contribution in [0.5, 0.6) is 0 Å². The number of rotatable bonds is 6. The van der Waals surface area contributed by atoms with E-state index in [1.807, 2.05) is 12.1 Å². The van der Waals surface area contributed by atoms with Gasteiger partial charge in [0.1, 0.15) is 0 Å². The molecule has 0 saturated carbocycles. The minimum atomic E-state index is 0.0975. The van der Waals surface area contributed by atoms with E-state index >= 15 is 0 Å². The van der Waals surface area contributed by atoms with Crippen molar-refractivity contribution in [3.8, 4) is 0 Å². The fourth-order valence-electron chi connectivity index (χ4n) is 3.87. The van der Waals surface area contributed by atoms with Gasteiger partial charge in [0, 0.05) is 31.9 Å². The van der Waals surface area contributed by atoms with Crippen molar-refractivity contribution in [2.45, 2.75) is 26.2 Å². The topological polar surface area (TPSA) is 44.8 Å². The Hall–Kier alpha value is -1.43. The van der Waals surface area contributed by atoms with Crippen LogP contribution in [0.15, 0.2) is 24.3 Å². The number of benzene rings is 1. The van der Waals surface area contributed by atoms with Gasteiger partial charge in [-0.2, -0.15) is 0 Å². The van der Waals surface area contributed by atoms with E-state index in [0.29, 0.717) is 12.5 Å². The van der Waals surface area contributed by atoms with Crippen LogP contribution in [0, 0.1) is 5.92 Å². The van der Waals surface area contributed by atoms with E-state index in [1.165, 1.54) is 18.4 Å². The summed E-state index contributed by atoms with van der Waals surface area (Å²) in [4.78, 5) is 17.2. The third-order valence-corrected chi connectivity index (χ3v) is 5.21. The summed E-state index contributed by atoms with van der Waals surface area (Å²) in [7, 11) is 0. The first-order valence-electron chi connectivity index (χ1n) is 9.64. The number of ether oxygens (including phenoxy) is 1. The zero-order valence-electron chi connectivity index (χ0n) is 15.4. The fourth-order valence-corrected chi connectivity index (χ4v) is 3.87. The zero-order valence-corrected chi connectivity index (χ0v) is 15.4. The van der Waals surface area contributed by atoms with Crippen LogP contribution in [0.3, 0.4) is 0 Å². The minimum absolute atomic E-state index is 0.0975. The number of anilines is 1. The van der Waals surface area contributed by atoms with E-state index in [-0.39, 0.29) is 5.91 Å². The molecule has 138 valence electrons. The predicted molar refractivity (Wildman–Crippen MR) is 101 cm³/mol. The first kappa shape index (κ1) is 18.4. The van der Waals surface area contributed by atoms with Gasteiger partial charge in [0.2, 0.25) is 5.91 Å². The van der Waals surface area contributed by atoms with Crippen molar-refractivity contribution in [1.29, 1.82) is 0 Å². The SMILES string of the molecule is CCc1cccc(NC(=O)CN2CCC[C@H](CN3CCOCC3)C2)c1. The molecule has 1 atom stereocenters. The Labute approximate surface area is 151 Å². The number of hydrogen-bond acceptors (Lipinski definition) is 4. The van der Waals surface area contributed by atoms with E-state index < -0.39 is 0 Å². The predicted octanol–water partition coefficient (Wildman–Crippen LogP) is 2.23. The third-order valence-electron chi connectivity index (χ3n) is 5.21. The van der Waals surface area contributed by atoms with Gasteiger partial charge in [-0.15, -0.1) is 0 Å². The van der Waals surface area contributed by atoms with Crippen molar-refractivity contribution < 1.29 is 9.53 Å². The summed E-state index contributed by atoms with van der Waals surface area (Å²) in [6, 6.07) is 8.13. The van der Waals surface area contributed by atoms with Crippen LogP contribution < -0.4 is 5.32 Å². The molecule has 1 aromatic carbocycles. The fraction of sp³-hybridized carbons (Fsp3) is 0.650. The Bertz CT molecular complexity index is 558. The average molecular weight is 345 g/mol. The lowest BCUT2D eigenvalue weighted by Crippen LogP contribution is -2.46. The van der Waals surface area contributed by atoms with Gasteiger partial charge in [-0.05, 0) is 49.4 Å². The second-order valence-electron chi connectivity index (χ2n) is 7.26. The van der Waals surface area contributed by atoms with Crippen molar-refractivity contribution in [3.63, 3.8) is 0 Å². The summed E-state index contributed by atoms with van der Waals surface area (Å²) in [5.74, 6) is 0.767. The lowest BCUT2D eigenvalue weighted by atomic mass is 9.97. The number of morpholine rings is 1. The Morgan fingerprint density at radius 2 is 2.08 bits per heavy atom. The number of likely N-dealkylation sites (tertiary alicyclic amines) is 1. The van der Waals surface area contributed by atoms with E-state index in [4.69, 9.17) is 4.74 Å². The Kier molecular flexibility index (Phi) is 6.84. The molecule has 2 heterocycles. The number of carbonyl (C=O) groups is 1. The maximum Gasteiger partial charge on any atom is 0.238 e. The number of aryl methyl sites for hydroxylation is 1. The van der Waals surface area contributed by atoms with Crippen LogP contribution in [-0.4, -0.2) is 68.2 Å². The number of amides is 1. The van der Waals surface area contributed by atoms with E-state index in [9.17, 15) is 4.79 Å². The van der Waals surface area contributed by atoms with Crippen LogP contribution in [-0.2, 0) is 16.0 Å². The molecule has 0 unspecified atom stereocenters. The normalized spacial score (nSPS) is 22.7. The molecule has 1 N–H and O–H groups in total. The largest absolute Gasteiger partial charge is 0.379 e. The summed E-state index contributed by atoms with van der Waals surface area (Å²) in [6.45, 7) is 9.63. The zero-order chi connectivity index (χ0) is 17.5. The van der Waals surface area contributed by atoms with Crippen LogP contribution in [0.4, 0.5) is 5.69 Å². The van der Waals surface area contributed by atoms with Crippen LogP contribution in [0.1, 0.15) is 25.3 Å². The third kappa shape index (κ3) is 5.80. The van der Waals surface area contributed by atoms with Gasteiger partial charge < -0.3 is 10.1 Å². The molecule has 5 heteroatoms. The number of carbonyl (C=O) groups excluding carboxylic acids is 1. The summed E-state index contributed by atoms with van der Waals surface area (Å²) in [6.07, 6.45) is 3.45. The maximum atomic E-state index is 12.4. The molecular weight excluding hydrogens is 314 g/mol. The highest BCUT2D eigenvalue weighted by atomic mass is 16.5. The molecule has 0 spiro atoms. The summed E-state index contributed by atoms with van der Waals surface area (Å²) in [5.41, 5.74) is 2.16. The molecule has 1 aromatic rings. The van der Waals surface area contributed by atoms with E-state index in [0.717, 1.165) is 58.0 Å². The molecule has 5 nitrogen and oxygen atoms in total. The summed E-state index contributed by atoms with van der Waals surface area (Å²) < 4.78 is 5.43. The number of piperidine rings is 1. The lowest BCUT2D eigenvalue weighted by molar-refractivity contribution is -0.117. The second kappa shape index (κ2) is 9.32. The van der Waals surface area contributed by atoms with Gasteiger partial charge in [-0.1, -0.05) is 19.1 Å². The second-order valence-corrected chi connectivity index (χ2v) is 7.26. The molecule has 2 aliphatic heterocycles. The van der Waals surface area contributed by atoms with Gasteiger partial charge in [-0.25, -0.2) is 0 Å². The van der Waals surface area contributed by atoms with Crippen LogP contribution in [0.2, 0.25) is 0 Å². The quantitative estimate of drug-likeness (QED) is 0.859. The van der Waals surface area contributed by atoms with Crippen molar-refractivity contribution >= 4 is 11.6 Å². The van der Waals surface area contributed by atoms with Crippen molar-refractivity contribution in [2.75, 3.05) is 57.8 Å². The molecule has 0 radical (unpaired) electrons. The van der Waals surface area contributed by atoms with Gasteiger partial charge in [0.05, 0.1) is 19.8 Å². The molecule has 0 aromatic heterocycles. The molecular formula is C20H31N3O2. The molecule has 3 rings (SSSR count). The number of hydrogen-bond donors (Lipinski definition) is 1. The Balaban J connectivity index is 1.45. The average Bonchev–Trinajstić information content (AvgIpc) is 2.63. The van der Waals surface area contributed by atoms with Gasteiger partial charge >= 0.3 is 0 Å². The highest BCUT2D eigenvalue weighted by Crippen LogP contribution is 2.18. The molecule has 25 heavy (non-hydrogen) atoms. The molecule has 2 aliphatic rings. The van der Waals surface area contributed by atoms with Crippen molar-refractivity contribution in [1.82, 2.24) is 9.80 Å². The first-order chi connectivity index (χ1) is 12.2. The highest BCUT2D eigenvalue weighted by Gasteiger charge is 2.24. The van der Waals surface area contributed by atoms with E-state index in [1.54, 1.807) is 0 Å².